The van der Waals surface area contributed by atoms with Gasteiger partial charge in [-0.3, -0.25) is 0 Å². The van der Waals surface area contributed by atoms with E-state index in [1.165, 1.54) is 17.8 Å². The first kappa shape index (κ1) is 13.2. The number of hydrogen-bond acceptors (Lipinski definition) is 3. The maximum atomic E-state index is 3.48. The van der Waals surface area contributed by atoms with Crippen molar-refractivity contribution in [1.29, 1.82) is 0 Å². The summed E-state index contributed by atoms with van der Waals surface area (Å²) >= 11 is 0. The second-order valence-electron chi connectivity index (χ2n) is 5.36. The van der Waals surface area contributed by atoms with Crippen LogP contribution in [0.25, 0.3) is 0 Å². The molecule has 1 aliphatic rings. The number of rotatable bonds is 5. The minimum absolute atomic E-state index is 0.588. The van der Waals surface area contributed by atoms with Crippen LogP contribution in [0.4, 0.5) is 11.4 Å². The van der Waals surface area contributed by atoms with Gasteiger partial charge in [-0.15, -0.1) is 0 Å². The lowest BCUT2D eigenvalue weighted by Crippen LogP contribution is -2.40. The zero-order chi connectivity index (χ0) is 13.0. The van der Waals surface area contributed by atoms with Gasteiger partial charge in [-0.1, -0.05) is 26.0 Å². The summed E-state index contributed by atoms with van der Waals surface area (Å²) < 4.78 is 0. The topological polar surface area (TPSA) is 18.5 Å². The van der Waals surface area contributed by atoms with E-state index >= 15 is 0 Å². The number of anilines is 2. The second-order valence-corrected chi connectivity index (χ2v) is 5.36. The van der Waals surface area contributed by atoms with E-state index in [1.54, 1.807) is 0 Å². The summed E-state index contributed by atoms with van der Waals surface area (Å²) in [6.07, 6.45) is 1.20. The van der Waals surface area contributed by atoms with Crippen molar-refractivity contribution in [3.8, 4) is 0 Å². The van der Waals surface area contributed by atoms with Crippen LogP contribution in [0, 0.1) is 0 Å². The Morgan fingerprint density at radius 2 is 1.89 bits per heavy atom. The molecule has 18 heavy (non-hydrogen) atoms. The molecular formula is C15H25N3. The highest BCUT2D eigenvalue weighted by atomic mass is 15.2. The van der Waals surface area contributed by atoms with Gasteiger partial charge in [0.25, 0.3) is 0 Å². The highest BCUT2D eigenvalue weighted by molar-refractivity contribution is 5.72. The third-order valence-electron chi connectivity index (χ3n) is 3.50. The Kier molecular flexibility index (Phi) is 4.48. The van der Waals surface area contributed by atoms with E-state index in [2.05, 4.69) is 60.3 Å². The molecule has 3 heteroatoms. The first-order valence-electron chi connectivity index (χ1n) is 6.97. The van der Waals surface area contributed by atoms with E-state index in [0.29, 0.717) is 6.04 Å². The molecule has 0 amide bonds. The largest absolute Gasteiger partial charge is 0.371 e. The molecule has 1 aromatic carbocycles. The minimum Gasteiger partial charge on any atom is -0.371 e. The lowest BCUT2D eigenvalue weighted by atomic mass is 10.1. The number of para-hydroxylation sites is 2. The zero-order valence-electron chi connectivity index (χ0n) is 11.8. The van der Waals surface area contributed by atoms with Gasteiger partial charge in [0.05, 0.1) is 11.4 Å². The molecule has 0 unspecified atom stereocenters. The van der Waals surface area contributed by atoms with E-state index < -0.39 is 0 Å². The van der Waals surface area contributed by atoms with Crippen LogP contribution in [0.2, 0.25) is 0 Å². The summed E-state index contributed by atoms with van der Waals surface area (Å²) in [5.41, 5.74) is 2.75. The van der Waals surface area contributed by atoms with E-state index in [-0.39, 0.29) is 0 Å². The van der Waals surface area contributed by atoms with Gasteiger partial charge >= 0.3 is 0 Å². The molecule has 0 aromatic heterocycles. The lowest BCUT2D eigenvalue weighted by molar-refractivity contribution is 0.563. The lowest BCUT2D eigenvalue weighted by Gasteiger charge is -2.37. The third-order valence-corrected chi connectivity index (χ3v) is 3.50. The Balaban J connectivity index is 1.92. The van der Waals surface area contributed by atoms with Gasteiger partial charge < -0.3 is 15.1 Å². The predicted molar refractivity (Wildman–Crippen MR) is 79.7 cm³/mol. The van der Waals surface area contributed by atoms with Gasteiger partial charge in [-0.25, -0.2) is 0 Å². The fourth-order valence-corrected chi connectivity index (χ4v) is 2.46. The van der Waals surface area contributed by atoms with Crippen LogP contribution in [-0.4, -0.2) is 39.3 Å². The van der Waals surface area contributed by atoms with E-state index in [1.807, 2.05) is 0 Å². The molecule has 1 heterocycles. The van der Waals surface area contributed by atoms with Crippen molar-refractivity contribution in [2.24, 2.45) is 0 Å². The van der Waals surface area contributed by atoms with Crippen LogP contribution in [0.15, 0.2) is 24.3 Å². The van der Waals surface area contributed by atoms with E-state index in [0.717, 1.165) is 26.2 Å². The molecule has 3 nitrogen and oxygen atoms in total. The zero-order valence-corrected chi connectivity index (χ0v) is 11.8. The summed E-state index contributed by atoms with van der Waals surface area (Å²) in [6, 6.07) is 9.30. The van der Waals surface area contributed by atoms with Gasteiger partial charge in [0.15, 0.2) is 0 Å². The van der Waals surface area contributed by atoms with Gasteiger partial charge in [-0.05, 0) is 25.1 Å². The van der Waals surface area contributed by atoms with Crippen molar-refractivity contribution in [2.45, 2.75) is 26.3 Å². The highest BCUT2D eigenvalue weighted by Crippen LogP contribution is 2.31. The molecule has 2 rings (SSSR count). The van der Waals surface area contributed by atoms with Gasteiger partial charge in [-0.2, -0.15) is 0 Å². The number of nitrogens with zero attached hydrogens (tertiary/aromatic N) is 2. The fourth-order valence-electron chi connectivity index (χ4n) is 2.46. The Bertz CT molecular complexity index is 376. The predicted octanol–water partition coefficient (Wildman–Crippen LogP) is 2.33. The van der Waals surface area contributed by atoms with Crippen LogP contribution in [0.3, 0.4) is 0 Å². The van der Waals surface area contributed by atoms with Crippen molar-refractivity contribution >= 4 is 11.4 Å². The standard InChI is InChI=1S/C15H25N3/c1-13(2)16-9-6-10-18-12-11-17(3)14-7-4-5-8-15(14)18/h4-5,7-8,13,16H,6,9-12H2,1-3H3. The Hall–Kier alpha value is -1.22. The van der Waals surface area contributed by atoms with Crippen LogP contribution < -0.4 is 15.1 Å². The molecule has 100 valence electrons. The first-order chi connectivity index (χ1) is 8.68. The molecule has 1 aromatic rings. The molecular weight excluding hydrogens is 222 g/mol. The van der Waals surface area contributed by atoms with E-state index in [4.69, 9.17) is 0 Å². The normalized spacial score (nSPS) is 15.1. The van der Waals surface area contributed by atoms with E-state index in [9.17, 15) is 0 Å². The summed E-state index contributed by atoms with van der Waals surface area (Å²) in [5.74, 6) is 0. The van der Waals surface area contributed by atoms with Crippen molar-refractivity contribution < 1.29 is 0 Å². The molecule has 0 radical (unpaired) electrons. The number of benzene rings is 1. The van der Waals surface area contributed by atoms with Crippen molar-refractivity contribution in [2.75, 3.05) is 43.0 Å². The second kappa shape index (κ2) is 6.10. The molecule has 0 bridgehead atoms. The Morgan fingerprint density at radius 3 is 2.61 bits per heavy atom. The monoisotopic (exact) mass is 247 g/mol. The molecule has 0 saturated heterocycles. The van der Waals surface area contributed by atoms with Crippen LogP contribution in [-0.2, 0) is 0 Å². The van der Waals surface area contributed by atoms with Crippen molar-refractivity contribution in [3.63, 3.8) is 0 Å². The molecule has 0 atom stereocenters. The average molecular weight is 247 g/mol. The highest BCUT2D eigenvalue weighted by Gasteiger charge is 2.18. The average Bonchev–Trinajstić information content (AvgIpc) is 2.37. The Labute approximate surface area is 111 Å². The number of nitrogens with one attached hydrogen (secondary N) is 1. The maximum absolute atomic E-state index is 3.48. The smallest absolute Gasteiger partial charge is 0.0604 e. The van der Waals surface area contributed by atoms with Crippen molar-refractivity contribution in [1.82, 2.24) is 5.32 Å². The van der Waals surface area contributed by atoms with Crippen LogP contribution in [0.1, 0.15) is 20.3 Å². The maximum Gasteiger partial charge on any atom is 0.0604 e. The van der Waals surface area contributed by atoms with Gasteiger partial charge in [0, 0.05) is 32.7 Å². The minimum atomic E-state index is 0.588. The van der Waals surface area contributed by atoms with Gasteiger partial charge in [0.2, 0.25) is 0 Å². The molecule has 0 spiro atoms. The summed E-state index contributed by atoms with van der Waals surface area (Å²) in [4.78, 5) is 4.86. The third kappa shape index (κ3) is 3.16. The summed E-state index contributed by atoms with van der Waals surface area (Å²) in [5, 5.41) is 3.48. The first-order valence-corrected chi connectivity index (χ1v) is 6.97. The van der Waals surface area contributed by atoms with Crippen molar-refractivity contribution in [3.05, 3.63) is 24.3 Å². The molecule has 0 aliphatic carbocycles. The summed E-state index contributed by atoms with van der Waals surface area (Å²) in [7, 11) is 2.18. The quantitative estimate of drug-likeness (QED) is 0.806. The molecule has 1 aliphatic heterocycles. The Morgan fingerprint density at radius 1 is 1.17 bits per heavy atom. The number of hydrogen-bond donors (Lipinski definition) is 1. The fraction of sp³-hybridized carbons (Fsp3) is 0.600. The molecule has 0 fully saturated rings. The van der Waals surface area contributed by atoms with Gasteiger partial charge in [0.1, 0.15) is 0 Å². The number of fused-ring (bicyclic) bond motifs is 1. The SMILES string of the molecule is CC(C)NCCCN1CCN(C)c2ccccc21. The van der Waals surface area contributed by atoms with Crippen LogP contribution >= 0.6 is 0 Å². The molecule has 1 N–H and O–H groups in total. The summed E-state index contributed by atoms with van der Waals surface area (Å²) in [6.45, 7) is 8.90. The molecule has 0 saturated carbocycles. The number of likely N-dealkylation sites (N-methyl/N-ethyl adjacent to an activating group) is 1. The van der Waals surface area contributed by atoms with Crippen LogP contribution in [0.5, 0.6) is 0 Å².